The second-order valence-corrected chi connectivity index (χ2v) is 4.83. The summed E-state index contributed by atoms with van der Waals surface area (Å²) in [5.74, 6) is 1.24. The van der Waals surface area contributed by atoms with Crippen LogP contribution in [0.2, 0.25) is 0 Å². The fourth-order valence-corrected chi connectivity index (χ4v) is 2.53. The van der Waals surface area contributed by atoms with Crippen LogP contribution >= 0.6 is 11.8 Å². The smallest absolute Gasteiger partial charge is 0.146 e. The van der Waals surface area contributed by atoms with Crippen LogP contribution < -0.4 is 10.5 Å². The van der Waals surface area contributed by atoms with Gasteiger partial charge in [0.2, 0.25) is 0 Å². The highest BCUT2D eigenvalue weighted by atomic mass is 32.2. The zero-order valence-corrected chi connectivity index (χ0v) is 10.8. The maximum absolute atomic E-state index is 13.0. The molecule has 0 aliphatic rings. The molecule has 0 radical (unpaired) electrons. The second-order valence-electron chi connectivity index (χ2n) is 3.78. The Kier molecular flexibility index (Phi) is 4.10. The van der Waals surface area contributed by atoms with Gasteiger partial charge >= 0.3 is 0 Å². The molecule has 0 aliphatic heterocycles. The highest BCUT2D eigenvalue weighted by molar-refractivity contribution is 7.98. The zero-order chi connectivity index (χ0) is 13.0. The summed E-state index contributed by atoms with van der Waals surface area (Å²) in [6.45, 7) is 0. The average molecular weight is 263 g/mol. The Morgan fingerprint density at radius 2 is 2.00 bits per heavy atom. The fraction of sp³-hybridized carbons (Fsp3) is 0.143. The lowest BCUT2D eigenvalue weighted by molar-refractivity contribution is 0.411. The summed E-state index contributed by atoms with van der Waals surface area (Å²) >= 11 is 1.60. The number of methoxy groups -OCH3 is 1. The first-order valence-electron chi connectivity index (χ1n) is 5.50. The molecule has 2 aromatic carbocycles. The standard InChI is InChI=1S/C14H14FNOS/c1-17-14-5-3-2-4-10(14)9-18-11-6-7-12(15)13(16)8-11/h2-8H,9,16H2,1H3. The van der Waals surface area contributed by atoms with Crippen molar-refractivity contribution >= 4 is 17.4 Å². The molecule has 2 rings (SSSR count). The molecular formula is C14H14FNOS. The number of halogens is 1. The van der Waals surface area contributed by atoms with E-state index < -0.39 is 0 Å². The minimum atomic E-state index is -0.378. The molecule has 2 nitrogen and oxygen atoms in total. The number of nitrogen functional groups attached to an aromatic ring is 1. The Bertz CT molecular complexity index is 545. The highest BCUT2D eigenvalue weighted by Crippen LogP contribution is 2.29. The van der Waals surface area contributed by atoms with Crippen LogP contribution in [0.25, 0.3) is 0 Å². The number of nitrogens with two attached hydrogens (primary N) is 1. The van der Waals surface area contributed by atoms with Crippen LogP contribution in [0.15, 0.2) is 47.4 Å². The molecular weight excluding hydrogens is 249 g/mol. The van der Waals surface area contributed by atoms with Gasteiger partial charge in [-0.3, -0.25) is 0 Å². The van der Waals surface area contributed by atoms with Crippen LogP contribution in [-0.2, 0) is 5.75 Å². The van der Waals surface area contributed by atoms with Crippen molar-refractivity contribution in [3.8, 4) is 5.75 Å². The monoisotopic (exact) mass is 263 g/mol. The number of ether oxygens (including phenoxy) is 1. The van der Waals surface area contributed by atoms with E-state index in [9.17, 15) is 4.39 Å². The molecule has 0 aliphatic carbocycles. The van der Waals surface area contributed by atoms with Crippen molar-refractivity contribution in [1.82, 2.24) is 0 Å². The highest BCUT2D eigenvalue weighted by Gasteiger charge is 2.04. The molecule has 18 heavy (non-hydrogen) atoms. The summed E-state index contributed by atoms with van der Waals surface area (Å²) in [5.41, 5.74) is 6.82. The van der Waals surface area contributed by atoms with Crippen molar-refractivity contribution in [2.75, 3.05) is 12.8 Å². The van der Waals surface area contributed by atoms with E-state index in [1.165, 1.54) is 6.07 Å². The molecule has 0 bridgehead atoms. The fourth-order valence-electron chi connectivity index (χ4n) is 1.59. The molecule has 4 heteroatoms. The third-order valence-electron chi connectivity index (χ3n) is 2.55. The minimum Gasteiger partial charge on any atom is -0.496 e. The molecule has 94 valence electrons. The van der Waals surface area contributed by atoms with Gasteiger partial charge in [0.25, 0.3) is 0 Å². The van der Waals surface area contributed by atoms with Gasteiger partial charge < -0.3 is 10.5 Å². The maximum atomic E-state index is 13.0. The molecule has 0 unspecified atom stereocenters. The van der Waals surface area contributed by atoms with E-state index in [0.717, 1.165) is 22.0 Å². The van der Waals surface area contributed by atoms with E-state index in [0.29, 0.717) is 0 Å². The predicted octanol–water partition coefficient (Wildman–Crippen LogP) is 3.71. The summed E-state index contributed by atoms with van der Waals surface area (Å²) in [7, 11) is 1.65. The third-order valence-corrected chi connectivity index (χ3v) is 3.60. The van der Waals surface area contributed by atoms with Crippen LogP contribution in [0.1, 0.15) is 5.56 Å². The Morgan fingerprint density at radius 3 is 2.72 bits per heavy atom. The summed E-state index contributed by atoms with van der Waals surface area (Å²) in [6, 6.07) is 12.6. The van der Waals surface area contributed by atoms with Gasteiger partial charge in [-0.25, -0.2) is 4.39 Å². The lowest BCUT2D eigenvalue weighted by Gasteiger charge is -2.08. The van der Waals surface area contributed by atoms with Gasteiger partial charge in [0.1, 0.15) is 11.6 Å². The SMILES string of the molecule is COc1ccccc1CSc1ccc(F)c(N)c1. The van der Waals surface area contributed by atoms with Crippen molar-refractivity contribution in [2.45, 2.75) is 10.6 Å². The maximum Gasteiger partial charge on any atom is 0.146 e. The normalized spacial score (nSPS) is 10.3. The Morgan fingerprint density at radius 1 is 1.22 bits per heavy atom. The van der Waals surface area contributed by atoms with Gasteiger partial charge in [0.05, 0.1) is 12.8 Å². The summed E-state index contributed by atoms with van der Waals surface area (Å²) in [4.78, 5) is 0.944. The molecule has 0 amide bonds. The molecule has 0 atom stereocenters. The van der Waals surface area contributed by atoms with E-state index in [-0.39, 0.29) is 11.5 Å². The van der Waals surface area contributed by atoms with Gasteiger partial charge in [-0.1, -0.05) is 18.2 Å². The Hall–Kier alpha value is -1.68. The average Bonchev–Trinajstić information content (AvgIpc) is 2.40. The summed E-state index contributed by atoms with van der Waals surface area (Å²) < 4.78 is 18.3. The second kappa shape index (κ2) is 5.78. The van der Waals surface area contributed by atoms with Gasteiger partial charge in [-0.05, 0) is 24.3 Å². The van der Waals surface area contributed by atoms with Gasteiger partial charge in [-0.15, -0.1) is 11.8 Å². The van der Waals surface area contributed by atoms with E-state index in [1.54, 1.807) is 31.0 Å². The van der Waals surface area contributed by atoms with Crippen LogP contribution in [0.4, 0.5) is 10.1 Å². The van der Waals surface area contributed by atoms with Crippen LogP contribution in [0.5, 0.6) is 5.75 Å². The van der Waals surface area contributed by atoms with E-state index in [2.05, 4.69) is 0 Å². The molecule has 0 fully saturated rings. The first-order valence-corrected chi connectivity index (χ1v) is 6.49. The number of para-hydroxylation sites is 1. The molecule has 0 heterocycles. The van der Waals surface area contributed by atoms with E-state index in [1.807, 2.05) is 24.3 Å². The Balaban J connectivity index is 2.09. The third kappa shape index (κ3) is 2.96. The van der Waals surface area contributed by atoms with Gasteiger partial charge in [-0.2, -0.15) is 0 Å². The first kappa shape index (κ1) is 12.8. The van der Waals surface area contributed by atoms with Crippen molar-refractivity contribution < 1.29 is 9.13 Å². The van der Waals surface area contributed by atoms with Crippen LogP contribution in [-0.4, -0.2) is 7.11 Å². The van der Waals surface area contributed by atoms with Crippen molar-refractivity contribution in [3.05, 3.63) is 53.8 Å². The van der Waals surface area contributed by atoms with Crippen molar-refractivity contribution in [1.29, 1.82) is 0 Å². The van der Waals surface area contributed by atoms with E-state index in [4.69, 9.17) is 10.5 Å². The quantitative estimate of drug-likeness (QED) is 0.674. The summed E-state index contributed by atoms with van der Waals surface area (Å²) in [5, 5.41) is 0. The van der Waals surface area contributed by atoms with Gasteiger partial charge in [0, 0.05) is 16.2 Å². The molecule has 2 aromatic rings. The lowest BCUT2D eigenvalue weighted by Crippen LogP contribution is -1.91. The van der Waals surface area contributed by atoms with Crippen molar-refractivity contribution in [2.24, 2.45) is 0 Å². The molecule has 0 saturated heterocycles. The van der Waals surface area contributed by atoms with Crippen LogP contribution in [0.3, 0.4) is 0 Å². The van der Waals surface area contributed by atoms with Gasteiger partial charge in [0.15, 0.2) is 0 Å². The number of hydrogen-bond donors (Lipinski definition) is 1. The molecule has 2 N–H and O–H groups in total. The predicted molar refractivity (Wildman–Crippen MR) is 73.4 cm³/mol. The Labute approximate surface area is 110 Å². The van der Waals surface area contributed by atoms with Crippen molar-refractivity contribution in [3.63, 3.8) is 0 Å². The number of anilines is 1. The molecule has 0 saturated carbocycles. The largest absolute Gasteiger partial charge is 0.496 e. The minimum absolute atomic E-state index is 0.181. The molecule has 0 aromatic heterocycles. The van der Waals surface area contributed by atoms with E-state index >= 15 is 0 Å². The lowest BCUT2D eigenvalue weighted by atomic mass is 10.2. The number of benzene rings is 2. The number of rotatable bonds is 4. The number of thioether (sulfide) groups is 1. The first-order chi connectivity index (χ1) is 8.70. The number of hydrogen-bond acceptors (Lipinski definition) is 3. The zero-order valence-electron chi connectivity index (χ0n) is 10.0. The summed E-state index contributed by atoms with van der Waals surface area (Å²) in [6.07, 6.45) is 0. The topological polar surface area (TPSA) is 35.2 Å². The molecule has 0 spiro atoms. The van der Waals surface area contributed by atoms with Crippen LogP contribution in [0, 0.1) is 5.82 Å².